The van der Waals surface area contributed by atoms with Gasteiger partial charge in [0.1, 0.15) is 0 Å². The Morgan fingerprint density at radius 3 is 3.07 bits per heavy atom. The van der Waals surface area contributed by atoms with E-state index in [-0.39, 0.29) is 0 Å². The van der Waals surface area contributed by atoms with E-state index in [1.54, 1.807) is 12.5 Å². The van der Waals surface area contributed by atoms with Crippen molar-refractivity contribution in [2.75, 3.05) is 0 Å². The van der Waals surface area contributed by atoms with Crippen molar-refractivity contribution in [1.82, 2.24) is 14.5 Å². The van der Waals surface area contributed by atoms with Crippen LogP contribution in [0.3, 0.4) is 0 Å². The Hall–Kier alpha value is -1.74. The normalized spacial score (nSPS) is 11.0. The third-order valence-electron chi connectivity index (χ3n) is 2.40. The fraction of sp³-hybridized carbons (Fsp3) is 0. The number of aromatic amines is 1. The summed E-state index contributed by atoms with van der Waals surface area (Å²) in [6.07, 6.45) is 7.25. The molecule has 0 saturated carbocycles. The Kier molecular flexibility index (Phi) is 1.79. The molecule has 0 saturated heterocycles. The van der Waals surface area contributed by atoms with Crippen LogP contribution in [0.15, 0.2) is 43.1 Å². The summed E-state index contributed by atoms with van der Waals surface area (Å²) in [6.45, 7) is 0. The molecule has 0 aliphatic carbocycles. The number of hydrogen-bond acceptors (Lipinski definition) is 1. The predicted octanol–water partition coefficient (Wildman–Crippen LogP) is 3.01. The third kappa shape index (κ3) is 1.32. The van der Waals surface area contributed by atoms with E-state index in [1.807, 2.05) is 35.2 Å². The van der Waals surface area contributed by atoms with Crippen LogP contribution in [0.1, 0.15) is 0 Å². The summed E-state index contributed by atoms with van der Waals surface area (Å²) in [4.78, 5) is 7.13. The smallest absolute Gasteiger partial charge is 0.0992 e. The average Bonchev–Trinajstić information content (AvgIpc) is 2.85. The van der Waals surface area contributed by atoms with Crippen LogP contribution in [0.5, 0.6) is 0 Å². The third-order valence-corrected chi connectivity index (χ3v) is 2.71. The highest BCUT2D eigenvalue weighted by Crippen LogP contribution is 2.25. The molecule has 0 unspecified atom stereocenters. The number of hydrogen-bond donors (Lipinski definition) is 1. The minimum Gasteiger partial charge on any atom is -0.361 e. The molecule has 74 valence electrons. The average molecular weight is 218 g/mol. The molecular weight excluding hydrogens is 210 g/mol. The maximum absolute atomic E-state index is 6.18. The van der Waals surface area contributed by atoms with E-state index in [0.717, 1.165) is 16.6 Å². The second-order valence-corrected chi connectivity index (χ2v) is 3.75. The summed E-state index contributed by atoms with van der Waals surface area (Å²) in [5.41, 5.74) is 1.99. The van der Waals surface area contributed by atoms with E-state index in [2.05, 4.69) is 9.97 Å². The van der Waals surface area contributed by atoms with Gasteiger partial charge in [-0.3, -0.25) is 0 Å². The van der Waals surface area contributed by atoms with E-state index in [4.69, 9.17) is 11.6 Å². The minimum absolute atomic E-state index is 0.711. The van der Waals surface area contributed by atoms with Crippen molar-refractivity contribution < 1.29 is 0 Å². The number of halogens is 1. The Morgan fingerprint density at radius 1 is 1.33 bits per heavy atom. The molecule has 3 rings (SSSR count). The SMILES string of the molecule is Clc1cc2[nH]ccc2cc1-n1ccnc1. The first-order valence-corrected chi connectivity index (χ1v) is 4.97. The number of rotatable bonds is 1. The van der Waals surface area contributed by atoms with Crippen molar-refractivity contribution in [2.45, 2.75) is 0 Å². The number of benzene rings is 1. The van der Waals surface area contributed by atoms with Crippen LogP contribution >= 0.6 is 11.6 Å². The molecule has 0 radical (unpaired) electrons. The second kappa shape index (κ2) is 3.14. The molecule has 0 aliphatic heterocycles. The van der Waals surface area contributed by atoms with Gasteiger partial charge >= 0.3 is 0 Å². The van der Waals surface area contributed by atoms with Gasteiger partial charge < -0.3 is 9.55 Å². The van der Waals surface area contributed by atoms with Crippen molar-refractivity contribution in [3.05, 3.63) is 48.1 Å². The number of fused-ring (bicyclic) bond motifs is 1. The van der Waals surface area contributed by atoms with Crippen molar-refractivity contribution in [2.24, 2.45) is 0 Å². The lowest BCUT2D eigenvalue weighted by Gasteiger charge is -2.04. The van der Waals surface area contributed by atoms with Gasteiger partial charge in [-0.1, -0.05) is 11.6 Å². The maximum atomic E-state index is 6.18. The number of imidazole rings is 1. The van der Waals surface area contributed by atoms with Crippen LogP contribution in [0.25, 0.3) is 16.6 Å². The first kappa shape index (κ1) is 8.56. The fourth-order valence-electron chi connectivity index (χ4n) is 1.66. The molecule has 1 aromatic carbocycles. The Balaban J connectivity index is 2.30. The van der Waals surface area contributed by atoms with Crippen LogP contribution < -0.4 is 0 Å². The van der Waals surface area contributed by atoms with Crippen LogP contribution in [0, 0.1) is 0 Å². The molecule has 0 atom stereocenters. The van der Waals surface area contributed by atoms with E-state index >= 15 is 0 Å². The van der Waals surface area contributed by atoms with Gasteiger partial charge in [-0.05, 0) is 18.2 Å². The van der Waals surface area contributed by atoms with Crippen LogP contribution in [-0.2, 0) is 0 Å². The minimum atomic E-state index is 0.711. The highest BCUT2D eigenvalue weighted by atomic mass is 35.5. The summed E-state index contributed by atoms with van der Waals surface area (Å²) >= 11 is 6.18. The Labute approximate surface area is 91.3 Å². The molecule has 0 bridgehead atoms. The molecule has 0 aliphatic rings. The number of nitrogens with zero attached hydrogens (tertiary/aromatic N) is 2. The van der Waals surface area contributed by atoms with Gasteiger partial charge in [0.2, 0.25) is 0 Å². The van der Waals surface area contributed by atoms with Gasteiger partial charge in [-0.2, -0.15) is 0 Å². The second-order valence-electron chi connectivity index (χ2n) is 3.34. The molecule has 0 spiro atoms. The molecular formula is C11H8ClN3. The van der Waals surface area contributed by atoms with Crippen LogP contribution in [0.2, 0.25) is 5.02 Å². The summed E-state index contributed by atoms with van der Waals surface area (Å²) in [7, 11) is 0. The molecule has 3 nitrogen and oxygen atoms in total. The maximum Gasteiger partial charge on any atom is 0.0992 e. The zero-order chi connectivity index (χ0) is 10.3. The zero-order valence-corrected chi connectivity index (χ0v) is 8.57. The quantitative estimate of drug-likeness (QED) is 0.668. The highest BCUT2D eigenvalue weighted by Gasteiger charge is 2.04. The van der Waals surface area contributed by atoms with Gasteiger partial charge in [-0.25, -0.2) is 4.98 Å². The summed E-state index contributed by atoms with van der Waals surface area (Å²) < 4.78 is 1.90. The first-order chi connectivity index (χ1) is 7.34. The standard InChI is InChI=1S/C11H8ClN3/c12-9-6-10-8(1-2-14-10)5-11(9)15-4-3-13-7-15/h1-7,14H. The van der Waals surface area contributed by atoms with Gasteiger partial charge in [0.15, 0.2) is 0 Å². The summed E-state index contributed by atoms with van der Waals surface area (Å²) in [5, 5.41) is 1.85. The monoisotopic (exact) mass is 217 g/mol. The molecule has 2 heterocycles. The van der Waals surface area contributed by atoms with Crippen molar-refractivity contribution >= 4 is 22.5 Å². The van der Waals surface area contributed by atoms with E-state index in [0.29, 0.717) is 5.02 Å². The van der Waals surface area contributed by atoms with E-state index < -0.39 is 0 Å². The summed E-state index contributed by atoms with van der Waals surface area (Å²) in [6, 6.07) is 5.98. The molecule has 15 heavy (non-hydrogen) atoms. The molecule has 2 aromatic heterocycles. The van der Waals surface area contributed by atoms with Crippen LogP contribution in [0.4, 0.5) is 0 Å². The van der Waals surface area contributed by atoms with E-state index in [9.17, 15) is 0 Å². The predicted molar refractivity (Wildman–Crippen MR) is 60.4 cm³/mol. The number of aromatic nitrogens is 3. The van der Waals surface area contributed by atoms with Gasteiger partial charge in [0, 0.05) is 29.5 Å². The number of H-pyrrole nitrogens is 1. The molecule has 3 aromatic rings. The van der Waals surface area contributed by atoms with Crippen molar-refractivity contribution in [3.63, 3.8) is 0 Å². The van der Waals surface area contributed by atoms with Crippen molar-refractivity contribution in [1.29, 1.82) is 0 Å². The highest BCUT2D eigenvalue weighted by molar-refractivity contribution is 6.33. The van der Waals surface area contributed by atoms with Gasteiger partial charge in [-0.15, -0.1) is 0 Å². The molecule has 0 fully saturated rings. The molecule has 1 N–H and O–H groups in total. The topological polar surface area (TPSA) is 33.6 Å². The molecule has 0 amide bonds. The van der Waals surface area contributed by atoms with Crippen LogP contribution in [-0.4, -0.2) is 14.5 Å². The Morgan fingerprint density at radius 2 is 2.27 bits per heavy atom. The fourth-order valence-corrected chi connectivity index (χ4v) is 1.92. The lowest BCUT2D eigenvalue weighted by atomic mass is 10.2. The van der Waals surface area contributed by atoms with Gasteiger partial charge in [0.25, 0.3) is 0 Å². The molecule has 4 heteroatoms. The lowest BCUT2D eigenvalue weighted by molar-refractivity contribution is 1.06. The largest absolute Gasteiger partial charge is 0.361 e. The van der Waals surface area contributed by atoms with Gasteiger partial charge in [0.05, 0.1) is 17.0 Å². The van der Waals surface area contributed by atoms with Crippen molar-refractivity contribution in [3.8, 4) is 5.69 Å². The first-order valence-electron chi connectivity index (χ1n) is 4.59. The van der Waals surface area contributed by atoms with E-state index in [1.165, 1.54) is 0 Å². The number of nitrogens with one attached hydrogen (secondary N) is 1. The zero-order valence-electron chi connectivity index (χ0n) is 7.81. The Bertz CT molecular complexity index is 595. The summed E-state index contributed by atoms with van der Waals surface area (Å²) in [5.74, 6) is 0. The lowest BCUT2D eigenvalue weighted by Crippen LogP contribution is -1.90.